The number of benzene rings is 1. The van der Waals surface area contributed by atoms with Gasteiger partial charge in [-0.15, -0.1) is 0 Å². The average Bonchev–Trinajstić information content (AvgIpc) is 2.38. The SMILES string of the molecule is CCN1CCCC(NC(=O)c2c(O)cccc2O)C1. The van der Waals surface area contributed by atoms with Crippen molar-refractivity contribution >= 4 is 5.91 Å². The van der Waals surface area contributed by atoms with Gasteiger partial charge in [0.1, 0.15) is 17.1 Å². The molecule has 1 aliphatic rings. The molecule has 1 heterocycles. The lowest BCUT2D eigenvalue weighted by Crippen LogP contribution is -2.47. The number of phenolic OH excluding ortho intramolecular Hbond substituents is 2. The molecule has 1 aromatic carbocycles. The summed E-state index contributed by atoms with van der Waals surface area (Å²) in [5.41, 5.74) is -0.0453. The number of hydrogen-bond acceptors (Lipinski definition) is 4. The normalized spacial score (nSPS) is 20.2. The first-order valence-electron chi connectivity index (χ1n) is 6.66. The standard InChI is InChI=1S/C14H20N2O3/c1-2-16-8-4-5-10(9-16)15-14(19)13-11(17)6-3-7-12(13)18/h3,6-7,10,17-18H,2,4-5,8-9H2,1H3,(H,15,19). The molecule has 1 aliphatic heterocycles. The Morgan fingerprint density at radius 2 is 2.11 bits per heavy atom. The summed E-state index contributed by atoms with van der Waals surface area (Å²) < 4.78 is 0. The van der Waals surface area contributed by atoms with Crippen LogP contribution in [0.5, 0.6) is 11.5 Å². The maximum absolute atomic E-state index is 12.1. The number of carbonyl (C=O) groups excluding carboxylic acids is 1. The van der Waals surface area contributed by atoms with E-state index >= 15 is 0 Å². The smallest absolute Gasteiger partial charge is 0.259 e. The van der Waals surface area contributed by atoms with Gasteiger partial charge in [-0.3, -0.25) is 4.79 Å². The van der Waals surface area contributed by atoms with Gasteiger partial charge in [-0.25, -0.2) is 0 Å². The highest BCUT2D eigenvalue weighted by molar-refractivity contribution is 5.99. The maximum atomic E-state index is 12.1. The molecule has 1 amide bonds. The minimum atomic E-state index is -0.418. The average molecular weight is 264 g/mol. The molecule has 1 unspecified atom stereocenters. The number of likely N-dealkylation sites (N-methyl/N-ethyl adjacent to an activating group) is 1. The Kier molecular flexibility index (Phi) is 4.27. The van der Waals surface area contributed by atoms with Crippen LogP contribution in [0, 0.1) is 0 Å². The van der Waals surface area contributed by atoms with Crippen molar-refractivity contribution in [3.63, 3.8) is 0 Å². The van der Waals surface area contributed by atoms with Crippen LogP contribution in [-0.4, -0.2) is 46.7 Å². The minimum absolute atomic E-state index is 0.0453. The van der Waals surface area contributed by atoms with Crippen molar-refractivity contribution in [2.75, 3.05) is 19.6 Å². The summed E-state index contributed by atoms with van der Waals surface area (Å²) >= 11 is 0. The number of likely N-dealkylation sites (tertiary alicyclic amines) is 1. The van der Waals surface area contributed by atoms with Crippen LogP contribution in [0.1, 0.15) is 30.1 Å². The third kappa shape index (κ3) is 3.17. The molecule has 5 heteroatoms. The summed E-state index contributed by atoms with van der Waals surface area (Å²) in [5.74, 6) is -0.806. The molecule has 19 heavy (non-hydrogen) atoms. The van der Waals surface area contributed by atoms with Crippen molar-refractivity contribution in [1.29, 1.82) is 0 Å². The van der Waals surface area contributed by atoms with E-state index in [-0.39, 0.29) is 23.1 Å². The number of carbonyl (C=O) groups is 1. The van der Waals surface area contributed by atoms with Gasteiger partial charge in [0.05, 0.1) is 0 Å². The van der Waals surface area contributed by atoms with Crippen LogP contribution in [0.3, 0.4) is 0 Å². The van der Waals surface area contributed by atoms with E-state index in [0.717, 1.165) is 32.5 Å². The molecule has 1 saturated heterocycles. The third-order valence-electron chi connectivity index (χ3n) is 3.54. The van der Waals surface area contributed by atoms with E-state index < -0.39 is 5.91 Å². The van der Waals surface area contributed by atoms with Crippen molar-refractivity contribution < 1.29 is 15.0 Å². The van der Waals surface area contributed by atoms with Gasteiger partial charge in [0.2, 0.25) is 0 Å². The molecule has 0 aromatic heterocycles. The van der Waals surface area contributed by atoms with Crippen LogP contribution >= 0.6 is 0 Å². The van der Waals surface area contributed by atoms with E-state index in [1.165, 1.54) is 18.2 Å². The Labute approximate surface area is 112 Å². The largest absolute Gasteiger partial charge is 0.507 e. The molecule has 2 rings (SSSR count). The molecule has 3 N–H and O–H groups in total. The highest BCUT2D eigenvalue weighted by Crippen LogP contribution is 2.26. The van der Waals surface area contributed by atoms with Gasteiger partial charge in [0.15, 0.2) is 0 Å². The first-order valence-corrected chi connectivity index (χ1v) is 6.66. The van der Waals surface area contributed by atoms with Crippen molar-refractivity contribution in [2.24, 2.45) is 0 Å². The number of aromatic hydroxyl groups is 2. The van der Waals surface area contributed by atoms with Crippen LogP contribution in [0.2, 0.25) is 0 Å². The fraction of sp³-hybridized carbons (Fsp3) is 0.500. The van der Waals surface area contributed by atoms with E-state index in [1.54, 1.807) is 0 Å². The van der Waals surface area contributed by atoms with Gasteiger partial charge in [0.25, 0.3) is 5.91 Å². The highest BCUT2D eigenvalue weighted by atomic mass is 16.3. The van der Waals surface area contributed by atoms with Crippen LogP contribution in [0.4, 0.5) is 0 Å². The quantitative estimate of drug-likeness (QED) is 0.769. The summed E-state index contributed by atoms with van der Waals surface area (Å²) in [4.78, 5) is 14.4. The summed E-state index contributed by atoms with van der Waals surface area (Å²) in [6.45, 7) is 4.94. The fourth-order valence-corrected chi connectivity index (χ4v) is 2.48. The van der Waals surface area contributed by atoms with Crippen LogP contribution in [0.15, 0.2) is 18.2 Å². The summed E-state index contributed by atoms with van der Waals surface area (Å²) in [6, 6.07) is 4.36. The van der Waals surface area contributed by atoms with E-state index in [0.29, 0.717) is 0 Å². The monoisotopic (exact) mass is 264 g/mol. The van der Waals surface area contributed by atoms with Gasteiger partial charge in [-0.05, 0) is 38.1 Å². The molecule has 0 saturated carbocycles. The molecule has 0 bridgehead atoms. The summed E-state index contributed by atoms with van der Waals surface area (Å²) in [7, 11) is 0. The zero-order valence-corrected chi connectivity index (χ0v) is 11.1. The number of phenols is 2. The van der Waals surface area contributed by atoms with Gasteiger partial charge >= 0.3 is 0 Å². The van der Waals surface area contributed by atoms with E-state index in [2.05, 4.69) is 17.1 Å². The number of nitrogens with one attached hydrogen (secondary N) is 1. The molecular formula is C14H20N2O3. The van der Waals surface area contributed by atoms with Crippen molar-refractivity contribution in [3.8, 4) is 11.5 Å². The Bertz CT molecular complexity index is 442. The Balaban J connectivity index is 2.05. The van der Waals surface area contributed by atoms with Crippen LogP contribution in [-0.2, 0) is 0 Å². The maximum Gasteiger partial charge on any atom is 0.259 e. The van der Waals surface area contributed by atoms with Gasteiger partial charge in [0, 0.05) is 12.6 Å². The lowest BCUT2D eigenvalue weighted by molar-refractivity contribution is 0.0900. The third-order valence-corrected chi connectivity index (χ3v) is 3.54. The van der Waals surface area contributed by atoms with E-state index in [1.807, 2.05) is 0 Å². The van der Waals surface area contributed by atoms with Crippen molar-refractivity contribution in [1.82, 2.24) is 10.2 Å². The van der Waals surface area contributed by atoms with E-state index in [4.69, 9.17) is 0 Å². The first-order chi connectivity index (χ1) is 9.11. The summed E-state index contributed by atoms with van der Waals surface area (Å²) in [5, 5.41) is 22.2. The first kappa shape index (κ1) is 13.7. The number of nitrogens with zero attached hydrogens (tertiary/aromatic N) is 1. The molecule has 5 nitrogen and oxygen atoms in total. The van der Waals surface area contributed by atoms with Crippen LogP contribution < -0.4 is 5.32 Å². The zero-order chi connectivity index (χ0) is 13.8. The molecule has 0 radical (unpaired) electrons. The van der Waals surface area contributed by atoms with Gasteiger partial charge < -0.3 is 20.4 Å². The lowest BCUT2D eigenvalue weighted by Gasteiger charge is -2.32. The number of piperidine rings is 1. The topological polar surface area (TPSA) is 72.8 Å². The Hall–Kier alpha value is -1.75. The minimum Gasteiger partial charge on any atom is -0.507 e. The molecule has 0 spiro atoms. The van der Waals surface area contributed by atoms with Crippen molar-refractivity contribution in [3.05, 3.63) is 23.8 Å². The van der Waals surface area contributed by atoms with Gasteiger partial charge in [-0.1, -0.05) is 13.0 Å². The second-order valence-corrected chi connectivity index (χ2v) is 4.88. The second kappa shape index (κ2) is 5.93. The predicted octanol–water partition coefficient (Wildman–Crippen LogP) is 1.31. The molecule has 0 aliphatic carbocycles. The Morgan fingerprint density at radius 3 is 2.74 bits per heavy atom. The number of rotatable bonds is 3. The van der Waals surface area contributed by atoms with Gasteiger partial charge in [-0.2, -0.15) is 0 Å². The number of hydrogen-bond donors (Lipinski definition) is 3. The van der Waals surface area contributed by atoms with Crippen molar-refractivity contribution in [2.45, 2.75) is 25.8 Å². The Morgan fingerprint density at radius 1 is 1.42 bits per heavy atom. The fourth-order valence-electron chi connectivity index (χ4n) is 2.48. The molecule has 1 atom stereocenters. The number of amides is 1. The molecule has 1 fully saturated rings. The second-order valence-electron chi connectivity index (χ2n) is 4.88. The molecule has 104 valence electrons. The predicted molar refractivity (Wildman–Crippen MR) is 72.4 cm³/mol. The zero-order valence-electron chi connectivity index (χ0n) is 11.1. The molecular weight excluding hydrogens is 244 g/mol. The van der Waals surface area contributed by atoms with Crippen LogP contribution in [0.25, 0.3) is 0 Å². The van der Waals surface area contributed by atoms with E-state index in [9.17, 15) is 15.0 Å². The highest BCUT2D eigenvalue weighted by Gasteiger charge is 2.23. The molecule has 1 aromatic rings. The summed E-state index contributed by atoms with van der Waals surface area (Å²) in [6.07, 6.45) is 1.97. The lowest BCUT2D eigenvalue weighted by atomic mass is 10.0.